The Bertz CT molecular complexity index is 820. The number of fused-ring (bicyclic) bond motifs is 1. The number of nitrogens with one attached hydrogen (secondary N) is 1. The Morgan fingerprint density at radius 1 is 1.35 bits per heavy atom. The molecule has 0 saturated carbocycles. The van der Waals surface area contributed by atoms with Crippen LogP contribution in [0.25, 0.3) is 16.5 Å². The highest BCUT2D eigenvalue weighted by molar-refractivity contribution is 5.94. The minimum atomic E-state index is -0.191. The van der Waals surface area contributed by atoms with Gasteiger partial charge < -0.3 is 15.0 Å². The van der Waals surface area contributed by atoms with Crippen molar-refractivity contribution in [3.63, 3.8) is 0 Å². The molecule has 0 aliphatic carbocycles. The number of para-hydroxylation sites is 1. The number of rotatable bonds is 5. The number of hydrogen-bond acceptors (Lipinski definition) is 3. The Hall–Kier alpha value is -2.11. The number of aryl methyl sites for hydroxylation is 1. The van der Waals surface area contributed by atoms with Gasteiger partial charge in [-0.25, -0.2) is 0 Å². The van der Waals surface area contributed by atoms with Crippen molar-refractivity contribution in [2.24, 2.45) is 5.92 Å². The second-order valence-electron chi connectivity index (χ2n) is 7.10. The lowest BCUT2D eigenvalue weighted by Gasteiger charge is -2.37. The van der Waals surface area contributed by atoms with E-state index in [4.69, 9.17) is 0 Å². The number of likely N-dealkylation sites (N-methyl/N-ethyl adjacent to an activating group) is 1. The Labute approximate surface area is 155 Å². The largest absolute Gasteiger partial charge is 0.394 e. The highest BCUT2D eigenvalue weighted by Gasteiger charge is 2.33. The predicted molar refractivity (Wildman–Crippen MR) is 106 cm³/mol. The first kappa shape index (κ1) is 18.7. The van der Waals surface area contributed by atoms with Crippen molar-refractivity contribution >= 4 is 22.4 Å². The van der Waals surface area contributed by atoms with Gasteiger partial charge in [-0.15, -0.1) is 0 Å². The maximum atomic E-state index is 12.9. The van der Waals surface area contributed by atoms with Crippen molar-refractivity contribution in [2.75, 3.05) is 33.3 Å². The number of H-pyrrole nitrogens is 1. The van der Waals surface area contributed by atoms with Crippen LogP contribution in [0.5, 0.6) is 0 Å². The summed E-state index contributed by atoms with van der Waals surface area (Å²) in [6.45, 7) is 8.16. The molecule has 0 spiro atoms. The van der Waals surface area contributed by atoms with Crippen LogP contribution in [0.15, 0.2) is 30.3 Å². The Balaban J connectivity index is 2.09. The summed E-state index contributed by atoms with van der Waals surface area (Å²) in [5.41, 5.74) is 4.27. The number of benzene rings is 1. The minimum absolute atomic E-state index is 0.0323. The molecule has 1 aromatic heterocycles. The summed E-state index contributed by atoms with van der Waals surface area (Å²) < 4.78 is 0. The van der Waals surface area contributed by atoms with Crippen molar-refractivity contribution in [1.29, 1.82) is 0 Å². The van der Waals surface area contributed by atoms with Crippen molar-refractivity contribution in [3.8, 4) is 0 Å². The van der Waals surface area contributed by atoms with Crippen LogP contribution in [0.4, 0.5) is 0 Å². The van der Waals surface area contributed by atoms with Crippen molar-refractivity contribution in [3.05, 3.63) is 41.6 Å². The molecule has 5 nitrogen and oxygen atoms in total. The molecule has 2 heterocycles. The molecule has 1 aliphatic heterocycles. The van der Waals surface area contributed by atoms with Crippen molar-refractivity contribution < 1.29 is 9.90 Å². The van der Waals surface area contributed by atoms with E-state index in [9.17, 15) is 9.90 Å². The average molecular weight is 355 g/mol. The number of aliphatic hydroxyl groups excluding tert-OH is 1. The maximum absolute atomic E-state index is 12.9. The van der Waals surface area contributed by atoms with E-state index in [1.54, 1.807) is 0 Å². The summed E-state index contributed by atoms with van der Waals surface area (Å²) in [7, 11) is 1.98. The van der Waals surface area contributed by atoms with Crippen LogP contribution >= 0.6 is 0 Å². The number of aromatic amines is 1. The molecule has 3 rings (SSSR count). The molecule has 0 radical (unpaired) electrons. The number of aromatic nitrogens is 1. The molecule has 2 atom stereocenters. The number of carbonyl (C=O) groups is 1. The van der Waals surface area contributed by atoms with Crippen LogP contribution in [0.1, 0.15) is 25.1 Å². The van der Waals surface area contributed by atoms with Gasteiger partial charge in [0.2, 0.25) is 5.91 Å². The monoisotopic (exact) mass is 355 g/mol. The van der Waals surface area contributed by atoms with Crippen LogP contribution in [0.3, 0.4) is 0 Å². The lowest BCUT2D eigenvalue weighted by molar-refractivity contribution is -0.134. The Kier molecular flexibility index (Phi) is 5.49. The average Bonchev–Trinajstić information content (AvgIpc) is 3.02. The summed E-state index contributed by atoms with van der Waals surface area (Å²) in [6.07, 6.45) is 2.08. The number of hydrogen-bond donors (Lipinski definition) is 2. The summed E-state index contributed by atoms with van der Waals surface area (Å²) in [5.74, 6) is -0.0328. The first-order valence-corrected chi connectivity index (χ1v) is 9.40. The van der Waals surface area contributed by atoms with Crippen LogP contribution in [-0.4, -0.2) is 65.1 Å². The molecule has 5 heteroatoms. The van der Waals surface area contributed by atoms with Crippen LogP contribution in [0.2, 0.25) is 0 Å². The van der Waals surface area contributed by atoms with Crippen molar-refractivity contribution in [2.45, 2.75) is 26.8 Å². The molecule has 1 aromatic carbocycles. The maximum Gasteiger partial charge on any atom is 0.230 e. The third-order valence-electron chi connectivity index (χ3n) is 5.42. The SMILES string of the molecule is CCN(CC)C(=O)[C@@H]1C=C(c2cccc3cc(C)[nH]c23)C(CO)N(C)C1. The van der Waals surface area contributed by atoms with Gasteiger partial charge >= 0.3 is 0 Å². The van der Waals surface area contributed by atoms with Gasteiger partial charge in [0.05, 0.1) is 24.1 Å². The van der Waals surface area contributed by atoms with Gasteiger partial charge in [-0.1, -0.05) is 24.3 Å². The first-order valence-electron chi connectivity index (χ1n) is 9.40. The molecule has 26 heavy (non-hydrogen) atoms. The molecule has 2 aromatic rings. The van der Waals surface area contributed by atoms with E-state index in [0.717, 1.165) is 27.7 Å². The van der Waals surface area contributed by atoms with Gasteiger partial charge in [0, 0.05) is 36.3 Å². The lowest BCUT2D eigenvalue weighted by atomic mass is 9.87. The minimum Gasteiger partial charge on any atom is -0.394 e. The van der Waals surface area contributed by atoms with E-state index in [2.05, 4.69) is 34.2 Å². The zero-order chi connectivity index (χ0) is 18.8. The third-order valence-corrected chi connectivity index (χ3v) is 5.42. The van der Waals surface area contributed by atoms with E-state index < -0.39 is 0 Å². The summed E-state index contributed by atoms with van der Waals surface area (Å²) in [6, 6.07) is 8.21. The molecular weight excluding hydrogens is 326 g/mol. The topological polar surface area (TPSA) is 59.6 Å². The third kappa shape index (κ3) is 3.29. The molecule has 0 fully saturated rings. The number of aliphatic hydroxyl groups is 1. The molecular formula is C21H29N3O2. The van der Waals surface area contributed by atoms with E-state index in [0.29, 0.717) is 19.6 Å². The molecule has 0 bridgehead atoms. The predicted octanol–water partition coefficient (Wildman–Crippen LogP) is 2.65. The first-order chi connectivity index (χ1) is 12.5. The van der Waals surface area contributed by atoms with Gasteiger partial charge in [0.1, 0.15) is 0 Å². The highest BCUT2D eigenvalue weighted by Crippen LogP contribution is 2.33. The fraction of sp³-hybridized carbons (Fsp3) is 0.476. The fourth-order valence-electron chi connectivity index (χ4n) is 4.02. The molecule has 1 unspecified atom stereocenters. The second-order valence-corrected chi connectivity index (χ2v) is 7.10. The van der Waals surface area contributed by atoms with Gasteiger partial charge in [0.25, 0.3) is 0 Å². The van der Waals surface area contributed by atoms with Crippen LogP contribution in [-0.2, 0) is 4.79 Å². The standard InChI is InChI=1S/C21H29N3O2/c1-5-24(6-2)21(26)16-11-18(19(13-25)23(4)12-16)17-9-7-8-15-10-14(3)22-20(15)17/h7-11,16,19,22,25H,5-6,12-13H2,1-4H3/t16-,19?/m1/s1. The van der Waals surface area contributed by atoms with Gasteiger partial charge in [-0.05, 0) is 39.5 Å². The van der Waals surface area contributed by atoms with Gasteiger partial charge in [0.15, 0.2) is 0 Å². The summed E-state index contributed by atoms with van der Waals surface area (Å²) in [4.78, 5) is 20.3. The van der Waals surface area contributed by atoms with Crippen LogP contribution < -0.4 is 0 Å². The molecule has 140 valence electrons. The van der Waals surface area contributed by atoms with Crippen molar-refractivity contribution in [1.82, 2.24) is 14.8 Å². The molecule has 2 N–H and O–H groups in total. The Morgan fingerprint density at radius 2 is 2.08 bits per heavy atom. The number of nitrogens with zero attached hydrogens (tertiary/aromatic N) is 2. The number of amides is 1. The summed E-state index contributed by atoms with van der Waals surface area (Å²) in [5, 5.41) is 11.2. The zero-order valence-corrected chi connectivity index (χ0v) is 16.1. The quantitative estimate of drug-likeness (QED) is 0.867. The van der Waals surface area contributed by atoms with E-state index in [1.807, 2.05) is 38.8 Å². The fourth-order valence-corrected chi connectivity index (χ4v) is 4.02. The van der Waals surface area contributed by atoms with Gasteiger partial charge in [-0.2, -0.15) is 0 Å². The zero-order valence-electron chi connectivity index (χ0n) is 16.1. The molecule has 0 saturated heterocycles. The van der Waals surface area contributed by atoms with Gasteiger partial charge in [-0.3, -0.25) is 9.69 Å². The highest BCUT2D eigenvalue weighted by atomic mass is 16.3. The normalized spacial score (nSPS) is 21.0. The van der Waals surface area contributed by atoms with E-state index >= 15 is 0 Å². The lowest BCUT2D eigenvalue weighted by Crippen LogP contribution is -2.47. The smallest absolute Gasteiger partial charge is 0.230 e. The number of carbonyl (C=O) groups excluding carboxylic acids is 1. The Morgan fingerprint density at radius 3 is 2.73 bits per heavy atom. The van der Waals surface area contributed by atoms with E-state index in [-0.39, 0.29) is 24.5 Å². The second kappa shape index (κ2) is 7.64. The molecule has 1 aliphatic rings. The summed E-state index contributed by atoms with van der Waals surface area (Å²) >= 11 is 0. The van der Waals surface area contributed by atoms with Crippen LogP contribution in [0, 0.1) is 12.8 Å². The van der Waals surface area contributed by atoms with E-state index in [1.165, 1.54) is 0 Å². The molecule has 1 amide bonds.